The first kappa shape index (κ1) is 14.4. The first-order valence-electron chi connectivity index (χ1n) is 5.72. The summed E-state index contributed by atoms with van der Waals surface area (Å²) >= 11 is 3.08. The maximum Gasteiger partial charge on any atom is 0.283 e. The molecule has 1 atom stereocenters. The average Bonchev–Trinajstić information content (AvgIpc) is 2.39. The molecule has 20 heavy (non-hydrogen) atoms. The molecule has 0 radical (unpaired) electrons. The van der Waals surface area contributed by atoms with Gasteiger partial charge in [-0.1, -0.05) is 0 Å². The fraction of sp³-hybridized carbons (Fsp3) is 0.273. The Labute approximate surface area is 122 Å². The number of nitro groups is 1. The molecule has 0 aromatic heterocycles. The number of hydrogen-bond acceptors (Lipinski definition) is 5. The SMILES string of the molecule is O=C1CNC(C(=O)Nc2ccc([N+](=O)[O-])c(Br)c2)CN1. The van der Waals surface area contributed by atoms with Crippen molar-refractivity contribution >= 4 is 39.1 Å². The van der Waals surface area contributed by atoms with Gasteiger partial charge in [0.1, 0.15) is 6.04 Å². The van der Waals surface area contributed by atoms with Crippen molar-refractivity contribution in [3.8, 4) is 0 Å². The van der Waals surface area contributed by atoms with Gasteiger partial charge in [-0.05, 0) is 28.1 Å². The summed E-state index contributed by atoms with van der Waals surface area (Å²) in [6, 6.07) is 3.68. The molecule has 106 valence electrons. The summed E-state index contributed by atoms with van der Waals surface area (Å²) in [5, 5.41) is 18.7. The summed E-state index contributed by atoms with van der Waals surface area (Å²) in [7, 11) is 0. The van der Waals surface area contributed by atoms with E-state index >= 15 is 0 Å². The Morgan fingerprint density at radius 1 is 1.50 bits per heavy atom. The second-order valence-corrected chi connectivity index (χ2v) is 5.00. The molecule has 8 nitrogen and oxygen atoms in total. The number of rotatable bonds is 3. The third-order valence-corrected chi connectivity index (χ3v) is 3.38. The van der Waals surface area contributed by atoms with Crippen molar-refractivity contribution in [2.75, 3.05) is 18.4 Å². The minimum absolute atomic E-state index is 0.0777. The van der Waals surface area contributed by atoms with Crippen molar-refractivity contribution in [3.63, 3.8) is 0 Å². The van der Waals surface area contributed by atoms with Crippen LogP contribution in [-0.4, -0.2) is 35.9 Å². The maximum absolute atomic E-state index is 11.9. The van der Waals surface area contributed by atoms with Gasteiger partial charge >= 0.3 is 0 Å². The fourth-order valence-electron chi connectivity index (χ4n) is 1.71. The monoisotopic (exact) mass is 342 g/mol. The topological polar surface area (TPSA) is 113 Å². The lowest BCUT2D eigenvalue weighted by atomic mass is 10.2. The number of halogens is 1. The molecule has 1 unspecified atom stereocenters. The van der Waals surface area contributed by atoms with Crippen LogP contribution >= 0.6 is 15.9 Å². The Morgan fingerprint density at radius 3 is 2.80 bits per heavy atom. The number of carbonyl (C=O) groups excluding carboxylic acids is 2. The number of piperazine rings is 1. The molecule has 0 saturated carbocycles. The number of benzene rings is 1. The van der Waals surface area contributed by atoms with E-state index in [1.165, 1.54) is 18.2 Å². The number of hydrogen-bond donors (Lipinski definition) is 3. The van der Waals surface area contributed by atoms with Crippen LogP contribution in [0, 0.1) is 10.1 Å². The van der Waals surface area contributed by atoms with E-state index in [0.717, 1.165) is 0 Å². The molecule has 1 aliphatic rings. The van der Waals surface area contributed by atoms with Gasteiger partial charge in [0.15, 0.2) is 0 Å². The van der Waals surface area contributed by atoms with Crippen LogP contribution in [0.3, 0.4) is 0 Å². The largest absolute Gasteiger partial charge is 0.353 e. The lowest BCUT2D eigenvalue weighted by Crippen LogP contribution is -2.56. The molecule has 0 aliphatic carbocycles. The van der Waals surface area contributed by atoms with Crippen LogP contribution in [-0.2, 0) is 9.59 Å². The Hall–Kier alpha value is -2.00. The Balaban J connectivity index is 2.03. The van der Waals surface area contributed by atoms with E-state index in [9.17, 15) is 19.7 Å². The van der Waals surface area contributed by atoms with Gasteiger partial charge in [-0.25, -0.2) is 0 Å². The van der Waals surface area contributed by atoms with E-state index in [-0.39, 0.29) is 35.1 Å². The van der Waals surface area contributed by atoms with Gasteiger partial charge in [-0.15, -0.1) is 0 Å². The van der Waals surface area contributed by atoms with Gasteiger partial charge in [-0.3, -0.25) is 25.0 Å². The second kappa shape index (κ2) is 5.97. The van der Waals surface area contributed by atoms with Gasteiger partial charge in [0.25, 0.3) is 5.69 Å². The maximum atomic E-state index is 11.9. The van der Waals surface area contributed by atoms with Crippen molar-refractivity contribution in [2.45, 2.75) is 6.04 Å². The first-order chi connectivity index (χ1) is 9.47. The molecule has 1 saturated heterocycles. The highest BCUT2D eigenvalue weighted by Gasteiger charge is 2.24. The summed E-state index contributed by atoms with van der Waals surface area (Å²) < 4.78 is 0.283. The van der Waals surface area contributed by atoms with Crippen LogP contribution in [0.1, 0.15) is 0 Å². The highest BCUT2D eigenvalue weighted by atomic mass is 79.9. The summed E-state index contributed by atoms with van der Waals surface area (Å²) in [6.45, 7) is 0.293. The van der Waals surface area contributed by atoms with E-state index in [4.69, 9.17) is 0 Å². The van der Waals surface area contributed by atoms with E-state index in [2.05, 4.69) is 31.9 Å². The summed E-state index contributed by atoms with van der Waals surface area (Å²) in [5.74, 6) is -0.474. The van der Waals surface area contributed by atoms with Crippen molar-refractivity contribution < 1.29 is 14.5 Å². The zero-order valence-corrected chi connectivity index (χ0v) is 11.8. The lowest BCUT2D eigenvalue weighted by Gasteiger charge is -2.23. The minimum Gasteiger partial charge on any atom is -0.353 e. The lowest BCUT2D eigenvalue weighted by molar-refractivity contribution is -0.385. The summed E-state index contributed by atoms with van der Waals surface area (Å²) in [5.41, 5.74) is 0.359. The molecule has 2 rings (SSSR count). The molecule has 2 amide bonds. The number of nitrogens with zero attached hydrogens (tertiary/aromatic N) is 1. The zero-order valence-electron chi connectivity index (χ0n) is 10.2. The molecule has 1 heterocycles. The predicted octanol–water partition coefficient (Wildman–Crippen LogP) is 0.384. The molecule has 1 aliphatic heterocycles. The highest BCUT2D eigenvalue weighted by molar-refractivity contribution is 9.10. The number of carbonyl (C=O) groups is 2. The van der Waals surface area contributed by atoms with E-state index in [0.29, 0.717) is 5.69 Å². The Kier molecular flexibility index (Phi) is 4.30. The smallest absolute Gasteiger partial charge is 0.283 e. The first-order valence-corrected chi connectivity index (χ1v) is 6.51. The summed E-state index contributed by atoms with van der Waals surface area (Å²) in [6.07, 6.45) is 0. The van der Waals surface area contributed by atoms with Gasteiger partial charge in [0.05, 0.1) is 15.9 Å². The van der Waals surface area contributed by atoms with Crippen LogP contribution in [0.2, 0.25) is 0 Å². The zero-order chi connectivity index (χ0) is 14.7. The van der Waals surface area contributed by atoms with E-state index < -0.39 is 11.0 Å². The minimum atomic E-state index is -0.526. The molecule has 0 bridgehead atoms. The number of nitro benzene ring substituents is 1. The van der Waals surface area contributed by atoms with Gasteiger partial charge < -0.3 is 10.6 Å². The third-order valence-electron chi connectivity index (χ3n) is 2.74. The third kappa shape index (κ3) is 3.31. The van der Waals surface area contributed by atoms with Gasteiger partial charge in [-0.2, -0.15) is 0 Å². The average molecular weight is 343 g/mol. The van der Waals surface area contributed by atoms with Crippen LogP contribution in [0.5, 0.6) is 0 Å². The highest BCUT2D eigenvalue weighted by Crippen LogP contribution is 2.27. The quantitative estimate of drug-likeness (QED) is 0.543. The molecular formula is C11H11BrN4O4. The molecule has 1 aromatic rings. The number of nitrogens with one attached hydrogen (secondary N) is 3. The van der Waals surface area contributed by atoms with Crippen molar-refractivity contribution in [1.82, 2.24) is 10.6 Å². The molecule has 0 spiro atoms. The van der Waals surface area contributed by atoms with Crippen LogP contribution in [0.4, 0.5) is 11.4 Å². The fourth-order valence-corrected chi connectivity index (χ4v) is 2.24. The van der Waals surface area contributed by atoms with Crippen molar-refractivity contribution in [3.05, 3.63) is 32.8 Å². The Bertz CT molecular complexity index is 568. The van der Waals surface area contributed by atoms with E-state index in [1.54, 1.807) is 0 Å². The number of anilines is 1. The molecule has 3 N–H and O–H groups in total. The van der Waals surface area contributed by atoms with E-state index in [1.807, 2.05) is 0 Å². The molecule has 1 aromatic carbocycles. The standard InChI is InChI=1S/C11H11BrN4O4/c12-7-3-6(1-2-9(7)16(19)20)15-11(18)8-4-14-10(17)5-13-8/h1-3,8,13H,4-5H2,(H,14,17)(H,15,18). The van der Waals surface area contributed by atoms with Gasteiger partial charge in [0.2, 0.25) is 11.8 Å². The van der Waals surface area contributed by atoms with Crippen molar-refractivity contribution in [1.29, 1.82) is 0 Å². The normalized spacial score (nSPS) is 18.2. The predicted molar refractivity (Wildman–Crippen MR) is 74.2 cm³/mol. The molecular weight excluding hydrogens is 332 g/mol. The number of amides is 2. The van der Waals surface area contributed by atoms with Crippen molar-refractivity contribution in [2.24, 2.45) is 0 Å². The second-order valence-electron chi connectivity index (χ2n) is 4.15. The molecule has 9 heteroatoms. The van der Waals surface area contributed by atoms with Crippen LogP contribution in [0.15, 0.2) is 22.7 Å². The summed E-state index contributed by atoms with van der Waals surface area (Å²) in [4.78, 5) is 33.0. The van der Waals surface area contributed by atoms with Crippen LogP contribution < -0.4 is 16.0 Å². The Morgan fingerprint density at radius 2 is 2.25 bits per heavy atom. The van der Waals surface area contributed by atoms with Crippen LogP contribution in [0.25, 0.3) is 0 Å². The van der Waals surface area contributed by atoms with Gasteiger partial charge in [0, 0.05) is 18.3 Å². The molecule has 1 fully saturated rings.